The summed E-state index contributed by atoms with van der Waals surface area (Å²) in [6.45, 7) is 0. The van der Waals surface area contributed by atoms with Gasteiger partial charge in [-0.25, -0.2) is 0 Å². The summed E-state index contributed by atoms with van der Waals surface area (Å²) >= 11 is 0. The molecule has 6 heteroatoms. The number of amides is 1. The molecule has 1 aliphatic rings. The van der Waals surface area contributed by atoms with E-state index in [1.54, 1.807) is 10.9 Å². The molecule has 3 N–H and O–H groups in total. The van der Waals surface area contributed by atoms with E-state index in [1.807, 2.05) is 30.3 Å². The molecule has 6 nitrogen and oxygen atoms in total. The van der Waals surface area contributed by atoms with Crippen LogP contribution in [0.4, 0.5) is 11.5 Å². The first-order chi connectivity index (χ1) is 11.6. The van der Waals surface area contributed by atoms with E-state index in [4.69, 9.17) is 5.73 Å². The monoisotopic (exact) mass is 323 g/mol. The molecule has 2 aromatic rings. The van der Waals surface area contributed by atoms with Crippen molar-refractivity contribution in [1.29, 1.82) is 5.26 Å². The van der Waals surface area contributed by atoms with E-state index in [0.717, 1.165) is 31.4 Å². The Morgan fingerprint density at radius 2 is 2.00 bits per heavy atom. The molecular weight excluding hydrogens is 302 g/mol. The molecule has 1 aromatic carbocycles. The lowest BCUT2D eigenvalue weighted by atomic mass is 9.80. The number of benzene rings is 1. The standard InChI is InChI=1S/C18H21N5O/c19-12-11-18(9-5-2-6-10-18)23-13-15(16(20)24)17(22-23)21-14-7-3-1-4-8-14/h1,3-4,7-8,13H,2,5-6,9-11H2,(H2,20,24)(H,21,22). The highest BCUT2D eigenvalue weighted by molar-refractivity contribution is 5.98. The predicted molar refractivity (Wildman–Crippen MR) is 91.8 cm³/mol. The highest BCUT2D eigenvalue weighted by Crippen LogP contribution is 2.38. The van der Waals surface area contributed by atoms with Crippen LogP contribution in [0.5, 0.6) is 0 Å². The number of para-hydroxylation sites is 1. The second kappa shape index (κ2) is 6.75. The third-order valence-electron chi connectivity index (χ3n) is 4.69. The number of nitrogens with one attached hydrogen (secondary N) is 1. The molecule has 0 aliphatic heterocycles. The molecule has 1 fully saturated rings. The summed E-state index contributed by atoms with van der Waals surface area (Å²) in [5.41, 5.74) is 6.38. The first-order valence-corrected chi connectivity index (χ1v) is 8.24. The number of rotatable bonds is 5. The minimum absolute atomic E-state index is 0.339. The van der Waals surface area contributed by atoms with Crippen LogP contribution in [0.25, 0.3) is 0 Å². The van der Waals surface area contributed by atoms with Crippen LogP contribution < -0.4 is 11.1 Å². The van der Waals surface area contributed by atoms with E-state index >= 15 is 0 Å². The van der Waals surface area contributed by atoms with Gasteiger partial charge in [0.2, 0.25) is 0 Å². The Labute approximate surface area is 141 Å². The molecule has 0 radical (unpaired) electrons. The molecule has 0 spiro atoms. The molecule has 1 heterocycles. The fraction of sp³-hybridized carbons (Fsp3) is 0.389. The highest BCUT2D eigenvalue weighted by atomic mass is 16.1. The smallest absolute Gasteiger partial charge is 0.254 e. The Kier molecular flexibility index (Phi) is 4.52. The fourth-order valence-electron chi connectivity index (χ4n) is 3.39. The molecular formula is C18H21N5O. The maximum Gasteiger partial charge on any atom is 0.254 e. The number of primary amides is 1. The molecule has 124 valence electrons. The van der Waals surface area contributed by atoms with Crippen LogP contribution in [0.15, 0.2) is 36.5 Å². The molecule has 3 rings (SSSR count). The van der Waals surface area contributed by atoms with Crippen LogP contribution in [0, 0.1) is 11.3 Å². The summed E-state index contributed by atoms with van der Waals surface area (Å²) in [5, 5.41) is 17.0. The lowest BCUT2D eigenvalue weighted by Gasteiger charge is -2.35. The maximum atomic E-state index is 11.8. The molecule has 1 amide bonds. The van der Waals surface area contributed by atoms with Crippen molar-refractivity contribution in [1.82, 2.24) is 9.78 Å². The van der Waals surface area contributed by atoms with Crippen LogP contribution in [0.3, 0.4) is 0 Å². The molecule has 1 aliphatic carbocycles. The molecule has 0 unspecified atom stereocenters. The summed E-state index contributed by atoms with van der Waals surface area (Å²) in [5.74, 6) is -0.0841. The maximum absolute atomic E-state index is 11.8. The molecule has 0 saturated heterocycles. The van der Waals surface area contributed by atoms with Gasteiger partial charge in [-0.15, -0.1) is 0 Å². The van der Waals surface area contributed by atoms with Crippen LogP contribution in [-0.4, -0.2) is 15.7 Å². The van der Waals surface area contributed by atoms with Gasteiger partial charge in [0.25, 0.3) is 5.91 Å². The van der Waals surface area contributed by atoms with Crippen LogP contribution in [0.2, 0.25) is 0 Å². The van der Waals surface area contributed by atoms with Crippen molar-refractivity contribution in [3.63, 3.8) is 0 Å². The van der Waals surface area contributed by atoms with Crippen molar-refractivity contribution in [2.24, 2.45) is 5.73 Å². The fourth-order valence-corrected chi connectivity index (χ4v) is 3.39. The van der Waals surface area contributed by atoms with Gasteiger partial charge in [0.15, 0.2) is 5.82 Å². The molecule has 0 bridgehead atoms. The Balaban J connectivity index is 1.98. The van der Waals surface area contributed by atoms with Gasteiger partial charge in [-0.3, -0.25) is 9.48 Å². The summed E-state index contributed by atoms with van der Waals surface area (Å²) < 4.78 is 1.79. The van der Waals surface area contributed by atoms with Crippen molar-refractivity contribution in [3.8, 4) is 6.07 Å². The van der Waals surface area contributed by atoms with E-state index in [-0.39, 0.29) is 5.54 Å². The SMILES string of the molecule is N#CCC1(n2cc(C(N)=O)c(Nc3ccccc3)n2)CCCCC1. The van der Waals surface area contributed by atoms with Gasteiger partial charge in [0, 0.05) is 11.9 Å². The number of aromatic nitrogens is 2. The highest BCUT2D eigenvalue weighted by Gasteiger charge is 2.36. The Morgan fingerprint density at radius 3 is 2.62 bits per heavy atom. The third-order valence-corrected chi connectivity index (χ3v) is 4.69. The number of anilines is 2. The minimum Gasteiger partial charge on any atom is -0.365 e. The van der Waals surface area contributed by atoms with Gasteiger partial charge in [-0.1, -0.05) is 37.5 Å². The van der Waals surface area contributed by atoms with Gasteiger partial charge < -0.3 is 11.1 Å². The van der Waals surface area contributed by atoms with Crippen molar-refractivity contribution >= 4 is 17.4 Å². The molecule has 24 heavy (non-hydrogen) atoms. The first kappa shape index (κ1) is 16.1. The van der Waals surface area contributed by atoms with Gasteiger partial charge >= 0.3 is 0 Å². The van der Waals surface area contributed by atoms with Crippen LogP contribution in [-0.2, 0) is 5.54 Å². The van der Waals surface area contributed by atoms with Crippen LogP contribution >= 0.6 is 0 Å². The summed E-state index contributed by atoms with van der Waals surface area (Å²) in [6.07, 6.45) is 7.17. The Morgan fingerprint density at radius 1 is 1.29 bits per heavy atom. The van der Waals surface area contributed by atoms with Gasteiger partial charge in [-0.05, 0) is 25.0 Å². The summed E-state index contributed by atoms with van der Waals surface area (Å²) in [6, 6.07) is 11.8. The van der Waals surface area contributed by atoms with E-state index in [1.165, 1.54) is 6.42 Å². The van der Waals surface area contributed by atoms with E-state index in [0.29, 0.717) is 17.8 Å². The zero-order valence-corrected chi connectivity index (χ0v) is 13.5. The van der Waals surface area contributed by atoms with Crippen molar-refractivity contribution in [2.75, 3.05) is 5.32 Å². The van der Waals surface area contributed by atoms with Gasteiger partial charge in [-0.2, -0.15) is 10.4 Å². The number of nitrogens with zero attached hydrogens (tertiary/aromatic N) is 3. The second-order valence-electron chi connectivity index (χ2n) is 6.31. The number of carbonyl (C=O) groups excluding carboxylic acids is 1. The number of carbonyl (C=O) groups is 1. The molecule has 1 saturated carbocycles. The van der Waals surface area contributed by atoms with Crippen molar-refractivity contribution in [3.05, 3.63) is 42.1 Å². The van der Waals surface area contributed by atoms with E-state index in [9.17, 15) is 10.1 Å². The quantitative estimate of drug-likeness (QED) is 0.882. The van der Waals surface area contributed by atoms with E-state index in [2.05, 4.69) is 16.5 Å². The average Bonchev–Trinajstić information content (AvgIpc) is 3.02. The topological polar surface area (TPSA) is 96.7 Å². The Hall–Kier alpha value is -2.81. The number of nitrogens with two attached hydrogens (primary N) is 1. The van der Waals surface area contributed by atoms with Gasteiger partial charge in [0.05, 0.1) is 18.0 Å². The molecule has 1 aromatic heterocycles. The third kappa shape index (κ3) is 3.11. The summed E-state index contributed by atoms with van der Waals surface area (Å²) in [4.78, 5) is 11.8. The molecule has 0 atom stereocenters. The number of hydrogen-bond donors (Lipinski definition) is 2. The largest absolute Gasteiger partial charge is 0.365 e. The van der Waals surface area contributed by atoms with Crippen molar-refractivity contribution in [2.45, 2.75) is 44.1 Å². The number of nitriles is 1. The predicted octanol–water partition coefficient (Wildman–Crippen LogP) is 3.30. The average molecular weight is 323 g/mol. The Bertz CT molecular complexity index is 753. The first-order valence-electron chi connectivity index (χ1n) is 8.24. The van der Waals surface area contributed by atoms with Gasteiger partial charge in [0.1, 0.15) is 5.56 Å². The van der Waals surface area contributed by atoms with E-state index < -0.39 is 5.91 Å². The lowest BCUT2D eigenvalue weighted by Crippen LogP contribution is -2.36. The minimum atomic E-state index is -0.525. The normalized spacial score (nSPS) is 16.3. The number of hydrogen-bond acceptors (Lipinski definition) is 4. The van der Waals surface area contributed by atoms with Crippen LogP contribution in [0.1, 0.15) is 48.9 Å². The zero-order chi connectivity index (χ0) is 17.0. The summed E-state index contributed by atoms with van der Waals surface area (Å²) in [7, 11) is 0. The second-order valence-corrected chi connectivity index (χ2v) is 6.31. The van der Waals surface area contributed by atoms with Crippen molar-refractivity contribution < 1.29 is 4.79 Å². The lowest BCUT2D eigenvalue weighted by molar-refractivity contribution is 0.100. The zero-order valence-electron chi connectivity index (χ0n) is 13.5.